The average molecular weight is 392 g/mol. The van der Waals surface area contributed by atoms with Gasteiger partial charge in [-0.15, -0.1) is 11.3 Å². The Bertz CT molecular complexity index is 749. The minimum Gasteiger partial charge on any atom is -0.383 e. The van der Waals surface area contributed by atoms with Gasteiger partial charge in [-0.25, -0.2) is 0 Å². The molecule has 1 fully saturated rings. The second-order valence-electron chi connectivity index (χ2n) is 7.12. The summed E-state index contributed by atoms with van der Waals surface area (Å²) >= 11 is 1.84. The third kappa shape index (κ3) is 5.09. The molecule has 3 heterocycles. The molecule has 1 aliphatic heterocycles. The molecule has 2 aromatic heterocycles. The molecule has 7 nitrogen and oxygen atoms in total. The molecular weight excluding hydrogens is 362 g/mol. The highest BCUT2D eigenvalue weighted by Gasteiger charge is 2.41. The van der Waals surface area contributed by atoms with Crippen LogP contribution in [-0.2, 0) is 23.1 Å². The first-order valence-corrected chi connectivity index (χ1v) is 10.2. The standard InChI is InChI=1S/C19H29N5O2S/c1-15-4-5-16(27-15)14-24-11-7-19(8-12-24,18(25)20-9-13-26-3)21-17-6-10-23(2)22-17/h4-6,10H,7-9,11-14H2,1-3H3,(H,20,25)(H,21,22). The van der Waals surface area contributed by atoms with Crippen LogP contribution in [0.2, 0.25) is 0 Å². The van der Waals surface area contributed by atoms with Gasteiger partial charge in [0.25, 0.3) is 0 Å². The third-order valence-corrected chi connectivity index (χ3v) is 5.98. The van der Waals surface area contributed by atoms with Crippen LogP contribution in [0.1, 0.15) is 22.6 Å². The van der Waals surface area contributed by atoms with Gasteiger partial charge in [0.2, 0.25) is 5.91 Å². The Hall–Kier alpha value is -1.90. The molecule has 0 bridgehead atoms. The molecule has 2 aromatic rings. The molecule has 1 aliphatic rings. The lowest BCUT2D eigenvalue weighted by atomic mass is 9.86. The molecule has 0 aliphatic carbocycles. The number of aryl methyl sites for hydroxylation is 2. The highest BCUT2D eigenvalue weighted by Crippen LogP contribution is 2.28. The molecule has 0 atom stereocenters. The predicted octanol–water partition coefficient (Wildman–Crippen LogP) is 2.00. The zero-order chi connectivity index (χ0) is 19.3. The van der Waals surface area contributed by atoms with Crippen LogP contribution in [0.4, 0.5) is 5.82 Å². The highest BCUT2D eigenvalue weighted by molar-refractivity contribution is 7.11. The van der Waals surface area contributed by atoms with E-state index in [2.05, 4.69) is 39.7 Å². The molecule has 0 unspecified atom stereocenters. The van der Waals surface area contributed by atoms with Crippen LogP contribution in [0.5, 0.6) is 0 Å². The summed E-state index contributed by atoms with van der Waals surface area (Å²) in [6, 6.07) is 6.27. The maximum absolute atomic E-state index is 13.0. The normalized spacial score (nSPS) is 17.0. The Kier molecular flexibility index (Phi) is 6.51. The number of rotatable bonds is 8. The highest BCUT2D eigenvalue weighted by atomic mass is 32.1. The van der Waals surface area contributed by atoms with Crippen molar-refractivity contribution in [3.63, 3.8) is 0 Å². The first-order valence-electron chi connectivity index (χ1n) is 9.33. The molecular formula is C19H29N5O2S. The summed E-state index contributed by atoms with van der Waals surface area (Å²) in [6.45, 7) is 5.84. The van der Waals surface area contributed by atoms with Gasteiger partial charge in [-0.2, -0.15) is 5.10 Å². The van der Waals surface area contributed by atoms with Gasteiger partial charge in [0, 0.05) is 62.4 Å². The molecule has 8 heteroatoms. The maximum Gasteiger partial charge on any atom is 0.245 e. The maximum atomic E-state index is 13.0. The van der Waals surface area contributed by atoms with Gasteiger partial charge in [-0.3, -0.25) is 14.4 Å². The minimum atomic E-state index is -0.635. The Morgan fingerprint density at radius 2 is 2.11 bits per heavy atom. The fourth-order valence-electron chi connectivity index (χ4n) is 3.45. The van der Waals surface area contributed by atoms with Gasteiger partial charge in [0.05, 0.1) is 6.61 Å². The second kappa shape index (κ2) is 8.86. The van der Waals surface area contributed by atoms with Gasteiger partial charge in [0.1, 0.15) is 11.4 Å². The van der Waals surface area contributed by atoms with Crippen molar-refractivity contribution in [1.29, 1.82) is 0 Å². The molecule has 0 radical (unpaired) electrons. The van der Waals surface area contributed by atoms with Crippen LogP contribution in [-0.4, -0.2) is 59.5 Å². The van der Waals surface area contributed by atoms with E-state index in [1.54, 1.807) is 11.8 Å². The number of methoxy groups -OCH3 is 1. The van der Waals surface area contributed by atoms with E-state index in [0.29, 0.717) is 13.2 Å². The lowest BCUT2D eigenvalue weighted by molar-refractivity contribution is -0.127. The van der Waals surface area contributed by atoms with E-state index < -0.39 is 5.54 Å². The number of hydrogen-bond acceptors (Lipinski definition) is 6. The fourth-order valence-corrected chi connectivity index (χ4v) is 4.39. The number of ether oxygens (including phenoxy) is 1. The number of carbonyl (C=O) groups is 1. The largest absolute Gasteiger partial charge is 0.383 e. The van der Waals surface area contributed by atoms with Crippen molar-refractivity contribution in [2.24, 2.45) is 7.05 Å². The zero-order valence-electron chi connectivity index (χ0n) is 16.3. The lowest BCUT2D eigenvalue weighted by Crippen LogP contribution is -2.58. The van der Waals surface area contributed by atoms with E-state index in [9.17, 15) is 4.79 Å². The van der Waals surface area contributed by atoms with E-state index in [1.807, 2.05) is 30.6 Å². The molecule has 27 heavy (non-hydrogen) atoms. The summed E-state index contributed by atoms with van der Waals surface area (Å²) in [4.78, 5) is 18.1. The smallest absolute Gasteiger partial charge is 0.245 e. The van der Waals surface area contributed by atoms with Crippen molar-refractivity contribution < 1.29 is 9.53 Å². The Morgan fingerprint density at radius 3 is 2.70 bits per heavy atom. The number of hydrogen-bond donors (Lipinski definition) is 2. The quantitative estimate of drug-likeness (QED) is 0.674. The van der Waals surface area contributed by atoms with Crippen molar-refractivity contribution >= 4 is 23.1 Å². The third-order valence-electron chi connectivity index (χ3n) is 4.99. The predicted molar refractivity (Wildman–Crippen MR) is 108 cm³/mol. The van der Waals surface area contributed by atoms with Gasteiger partial charge in [0.15, 0.2) is 0 Å². The fraction of sp³-hybridized carbons (Fsp3) is 0.579. The molecule has 0 aromatic carbocycles. The van der Waals surface area contributed by atoms with Crippen molar-refractivity contribution in [2.45, 2.75) is 31.8 Å². The first kappa shape index (κ1) is 19.9. The summed E-state index contributed by atoms with van der Waals surface area (Å²) in [6.07, 6.45) is 3.37. The lowest BCUT2D eigenvalue weighted by Gasteiger charge is -2.41. The monoisotopic (exact) mass is 391 g/mol. The van der Waals surface area contributed by atoms with Crippen LogP contribution >= 0.6 is 11.3 Å². The van der Waals surface area contributed by atoms with E-state index in [-0.39, 0.29) is 5.91 Å². The minimum absolute atomic E-state index is 0.0248. The van der Waals surface area contributed by atoms with Crippen LogP contribution in [0, 0.1) is 6.92 Å². The number of likely N-dealkylation sites (tertiary alicyclic amines) is 1. The van der Waals surface area contributed by atoms with E-state index >= 15 is 0 Å². The molecule has 0 saturated carbocycles. The zero-order valence-corrected chi connectivity index (χ0v) is 17.1. The second-order valence-corrected chi connectivity index (χ2v) is 8.49. The number of nitrogens with zero attached hydrogens (tertiary/aromatic N) is 3. The molecule has 1 saturated heterocycles. The number of aromatic nitrogens is 2. The Balaban J connectivity index is 1.66. The summed E-state index contributed by atoms with van der Waals surface area (Å²) in [5.74, 6) is 0.763. The number of piperidine rings is 1. The summed E-state index contributed by atoms with van der Waals surface area (Å²) in [5, 5.41) is 10.8. The summed E-state index contributed by atoms with van der Waals surface area (Å²) in [5.41, 5.74) is -0.635. The first-order chi connectivity index (χ1) is 13.0. The Morgan fingerprint density at radius 1 is 1.33 bits per heavy atom. The van der Waals surface area contributed by atoms with Crippen LogP contribution in [0.3, 0.4) is 0 Å². The van der Waals surface area contributed by atoms with Gasteiger partial charge < -0.3 is 15.4 Å². The SMILES string of the molecule is COCCNC(=O)C1(Nc2ccn(C)n2)CCN(Cc2ccc(C)s2)CC1. The van der Waals surface area contributed by atoms with Crippen molar-refractivity contribution in [1.82, 2.24) is 20.0 Å². The van der Waals surface area contributed by atoms with E-state index in [1.165, 1.54) is 9.75 Å². The molecule has 1 amide bonds. The summed E-state index contributed by atoms with van der Waals surface area (Å²) < 4.78 is 6.80. The van der Waals surface area contributed by atoms with Crippen molar-refractivity contribution in [3.8, 4) is 0 Å². The van der Waals surface area contributed by atoms with Gasteiger partial charge in [-0.05, 0) is 31.9 Å². The number of amides is 1. The number of carbonyl (C=O) groups excluding carboxylic acids is 1. The summed E-state index contributed by atoms with van der Waals surface area (Å²) in [7, 11) is 3.51. The molecule has 0 spiro atoms. The van der Waals surface area contributed by atoms with E-state index in [0.717, 1.165) is 38.3 Å². The Labute approximate surface area is 164 Å². The van der Waals surface area contributed by atoms with Crippen LogP contribution < -0.4 is 10.6 Å². The molecule has 3 rings (SSSR count). The van der Waals surface area contributed by atoms with Gasteiger partial charge >= 0.3 is 0 Å². The topological polar surface area (TPSA) is 71.4 Å². The number of anilines is 1. The number of nitrogens with one attached hydrogen (secondary N) is 2. The van der Waals surface area contributed by atoms with Crippen LogP contribution in [0.25, 0.3) is 0 Å². The van der Waals surface area contributed by atoms with Crippen LogP contribution in [0.15, 0.2) is 24.4 Å². The molecule has 2 N–H and O–H groups in total. The number of thiophene rings is 1. The van der Waals surface area contributed by atoms with Gasteiger partial charge in [-0.1, -0.05) is 0 Å². The average Bonchev–Trinajstić information content (AvgIpc) is 3.24. The van der Waals surface area contributed by atoms with Crippen molar-refractivity contribution in [3.05, 3.63) is 34.2 Å². The van der Waals surface area contributed by atoms with Crippen molar-refractivity contribution in [2.75, 3.05) is 38.7 Å². The van der Waals surface area contributed by atoms with E-state index in [4.69, 9.17) is 4.74 Å². The molecule has 148 valence electrons.